The Morgan fingerprint density at radius 2 is 2.24 bits per heavy atom. The highest BCUT2D eigenvalue weighted by Gasteiger charge is 2.05. The average molecular weight is 230 g/mol. The van der Waals surface area contributed by atoms with Crippen molar-refractivity contribution < 1.29 is 0 Å². The van der Waals surface area contributed by atoms with Crippen LogP contribution in [0.25, 0.3) is 11.4 Å². The van der Waals surface area contributed by atoms with Gasteiger partial charge < -0.3 is 5.32 Å². The highest BCUT2D eigenvalue weighted by atomic mass is 16.1. The van der Waals surface area contributed by atoms with Crippen LogP contribution < -0.4 is 10.9 Å². The predicted molar refractivity (Wildman–Crippen MR) is 65.5 cm³/mol. The fraction of sp³-hybridized carbons (Fsp3) is 0.250. The third-order valence-corrected chi connectivity index (χ3v) is 2.37. The van der Waals surface area contributed by atoms with E-state index in [1.165, 1.54) is 0 Å². The lowest BCUT2D eigenvalue weighted by atomic mass is 10.2. The van der Waals surface area contributed by atoms with Crippen molar-refractivity contribution >= 4 is 0 Å². The minimum absolute atomic E-state index is 0.161. The Hall–Kier alpha value is -2.01. The van der Waals surface area contributed by atoms with Crippen molar-refractivity contribution in [3.8, 4) is 11.4 Å². The molecular weight excluding hydrogens is 216 g/mol. The van der Waals surface area contributed by atoms with Gasteiger partial charge in [-0.1, -0.05) is 13.0 Å². The van der Waals surface area contributed by atoms with E-state index in [1.54, 1.807) is 12.3 Å². The summed E-state index contributed by atoms with van der Waals surface area (Å²) in [6.07, 6.45) is 1.70. The molecule has 2 aromatic rings. The summed E-state index contributed by atoms with van der Waals surface area (Å²) < 4.78 is 0. The molecule has 0 aliphatic heterocycles. The van der Waals surface area contributed by atoms with Crippen LogP contribution in [-0.2, 0) is 6.54 Å². The largest absolute Gasteiger partial charge is 0.313 e. The molecule has 0 amide bonds. The van der Waals surface area contributed by atoms with Gasteiger partial charge in [0.2, 0.25) is 0 Å². The number of H-pyrrole nitrogens is 1. The van der Waals surface area contributed by atoms with Gasteiger partial charge in [0.1, 0.15) is 5.69 Å². The number of pyridine rings is 1. The Morgan fingerprint density at radius 1 is 1.35 bits per heavy atom. The van der Waals surface area contributed by atoms with E-state index in [0.717, 1.165) is 12.2 Å². The van der Waals surface area contributed by atoms with Crippen molar-refractivity contribution in [3.63, 3.8) is 0 Å². The summed E-state index contributed by atoms with van der Waals surface area (Å²) in [5.41, 5.74) is 1.94. The van der Waals surface area contributed by atoms with Crippen LogP contribution in [0.1, 0.15) is 12.5 Å². The molecule has 0 spiro atoms. The molecule has 0 aliphatic rings. The maximum absolute atomic E-state index is 11.5. The van der Waals surface area contributed by atoms with Gasteiger partial charge in [-0.2, -0.15) is 5.10 Å². The van der Waals surface area contributed by atoms with Crippen molar-refractivity contribution in [3.05, 3.63) is 46.4 Å². The van der Waals surface area contributed by atoms with Gasteiger partial charge in [0.05, 0.1) is 5.69 Å². The van der Waals surface area contributed by atoms with Crippen LogP contribution in [0.3, 0.4) is 0 Å². The van der Waals surface area contributed by atoms with Crippen molar-refractivity contribution in [2.75, 3.05) is 6.54 Å². The second-order valence-electron chi connectivity index (χ2n) is 3.60. The molecule has 0 atom stereocenters. The topological polar surface area (TPSA) is 70.7 Å². The quantitative estimate of drug-likeness (QED) is 0.820. The van der Waals surface area contributed by atoms with Gasteiger partial charge in [-0.25, -0.2) is 5.10 Å². The standard InChI is InChI=1S/C12H14N4O/c1-2-13-8-9-7-11(15-16-12(9)17)10-5-3-4-6-14-10/h3-7,13H,2,8H2,1H3,(H,16,17). The molecule has 0 aromatic carbocycles. The molecule has 0 saturated heterocycles. The Kier molecular flexibility index (Phi) is 3.62. The number of aromatic amines is 1. The minimum Gasteiger partial charge on any atom is -0.313 e. The van der Waals surface area contributed by atoms with Gasteiger partial charge in [-0.3, -0.25) is 9.78 Å². The SMILES string of the molecule is CCNCc1cc(-c2ccccn2)n[nH]c1=O. The number of nitrogens with zero attached hydrogens (tertiary/aromatic N) is 2. The Bertz CT molecular complexity index is 536. The summed E-state index contributed by atoms with van der Waals surface area (Å²) in [5, 5.41) is 9.60. The van der Waals surface area contributed by atoms with E-state index in [-0.39, 0.29) is 5.56 Å². The summed E-state index contributed by atoms with van der Waals surface area (Å²) in [6, 6.07) is 7.36. The van der Waals surface area contributed by atoms with Crippen molar-refractivity contribution in [1.29, 1.82) is 0 Å². The zero-order chi connectivity index (χ0) is 12.1. The lowest BCUT2D eigenvalue weighted by Gasteiger charge is -2.03. The van der Waals surface area contributed by atoms with Crippen molar-refractivity contribution in [2.45, 2.75) is 13.5 Å². The molecule has 5 heteroatoms. The normalized spacial score (nSPS) is 10.4. The van der Waals surface area contributed by atoms with E-state index in [4.69, 9.17) is 0 Å². The van der Waals surface area contributed by atoms with Gasteiger partial charge >= 0.3 is 0 Å². The predicted octanol–water partition coefficient (Wildman–Crippen LogP) is 0.941. The lowest BCUT2D eigenvalue weighted by molar-refractivity contribution is 0.715. The molecule has 0 bridgehead atoms. The second kappa shape index (κ2) is 5.36. The van der Waals surface area contributed by atoms with Crippen LogP contribution >= 0.6 is 0 Å². The van der Waals surface area contributed by atoms with E-state index in [9.17, 15) is 4.79 Å². The number of rotatable bonds is 4. The molecule has 0 saturated carbocycles. The van der Waals surface area contributed by atoms with E-state index < -0.39 is 0 Å². The number of nitrogens with one attached hydrogen (secondary N) is 2. The van der Waals surface area contributed by atoms with E-state index >= 15 is 0 Å². The molecule has 17 heavy (non-hydrogen) atoms. The molecule has 0 fully saturated rings. The summed E-state index contributed by atoms with van der Waals surface area (Å²) in [7, 11) is 0. The summed E-state index contributed by atoms with van der Waals surface area (Å²) in [5.74, 6) is 0. The van der Waals surface area contributed by atoms with E-state index in [1.807, 2.05) is 25.1 Å². The van der Waals surface area contributed by atoms with Crippen LogP contribution in [-0.4, -0.2) is 21.7 Å². The zero-order valence-corrected chi connectivity index (χ0v) is 9.60. The second-order valence-corrected chi connectivity index (χ2v) is 3.60. The van der Waals surface area contributed by atoms with E-state index in [0.29, 0.717) is 17.8 Å². The Balaban J connectivity index is 2.34. The third kappa shape index (κ3) is 2.76. The average Bonchev–Trinajstić information content (AvgIpc) is 2.39. The highest BCUT2D eigenvalue weighted by molar-refractivity contribution is 5.53. The minimum atomic E-state index is -0.161. The first kappa shape index (κ1) is 11.5. The molecule has 2 rings (SSSR count). The van der Waals surface area contributed by atoms with Crippen molar-refractivity contribution in [1.82, 2.24) is 20.5 Å². The maximum Gasteiger partial charge on any atom is 0.268 e. The molecule has 0 unspecified atom stereocenters. The summed E-state index contributed by atoms with van der Waals surface area (Å²) in [6.45, 7) is 3.35. The number of hydrogen-bond donors (Lipinski definition) is 2. The molecule has 2 N–H and O–H groups in total. The van der Waals surface area contributed by atoms with Crippen LogP contribution in [0.15, 0.2) is 35.3 Å². The first-order chi connectivity index (χ1) is 8.31. The maximum atomic E-state index is 11.5. The molecule has 0 aliphatic carbocycles. The number of aromatic nitrogens is 3. The van der Waals surface area contributed by atoms with Gasteiger partial charge in [0, 0.05) is 18.3 Å². The third-order valence-electron chi connectivity index (χ3n) is 2.37. The number of hydrogen-bond acceptors (Lipinski definition) is 4. The zero-order valence-electron chi connectivity index (χ0n) is 9.60. The van der Waals surface area contributed by atoms with Gasteiger partial charge in [-0.15, -0.1) is 0 Å². The first-order valence-corrected chi connectivity index (χ1v) is 5.52. The van der Waals surface area contributed by atoms with Crippen LogP contribution in [0.5, 0.6) is 0 Å². The first-order valence-electron chi connectivity index (χ1n) is 5.52. The molecule has 2 heterocycles. The monoisotopic (exact) mass is 230 g/mol. The molecule has 88 valence electrons. The summed E-state index contributed by atoms with van der Waals surface area (Å²) in [4.78, 5) is 15.7. The highest BCUT2D eigenvalue weighted by Crippen LogP contribution is 2.11. The van der Waals surface area contributed by atoms with Gasteiger partial charge in [0.15, 0.2) is 0 Å². The van der Waals surface area contributed by atoms with Crippen LogP contribution in [0, 0.1) is 0 Å². The fourth-order valence-corrected chi connectivity index (χ4v) is 1.48. The Labute approximate surface area is 98.9 Å². The molecule has 5 nitrogen and oxygen atoms in total. The summed E-state index contributed by atoms with van der Waals surface area (Å²) >= 11 is 0. The lowest BCUT2D eigenvalue weighted by Crippen LogP contribution is -2.21. The molecular formula is C12H14N4O. The van der Waals surface area contributed by atoms with E-state index in [2.05, 4.69) is 20.5 Å². The van der Waals surface area contributed by atoms with Gasteiger partial charge in [-0.05, 0) is 24.7 Å². The Morgan fingerprint density at radius 3 is 2.94 bits per heavy atom. The van der Waals surface area contributed by atoms with Crippen molar-refractivity contribution in [2.24, 2.45) is 0 Å². The molecule has 0 radical (unpaired) electrons. The van der Waals surface area contributed by atoms with Gasteiger partial charge in [0.25, 0.3) is 5.56 Å². The van der Waals surface area contributed by atoms with Crippen LogP contribution in [0.2, 0.25) is 0 Å². The fourth-order valence-electron chi connectivity index (χ4n) is 1.48. The van der Waals surface area contributed by atoms with Crippen LogP contribution in [0.4, 0.5) is 0 Å². The smallest absolute Gasteiger partial charge is 0.268 e. The molecule has 2 aromatic heterocycles.